The molecule has 2 aromatic rings. The monoisotopic (exact) mass is 484 g/mol. The predicted molar refractivity (Wildman–Crippen MR) is 119 cm³/mol. The summed E-state index contributed by atoms with van der Waals surface area (Å²) in [6.45, 7) is 5.92. The number of aromatic nitrogens is 5. The van der Waals surface area contributed by atoms with Crippen molar-refractivity contribution in [1.29, 1.82) is 0 Å². The Balaban J connectivity index is 1.58. The van der Waals surface area contributed by atoms with E-state index in [0.29, 0.717) is 17.5 Å². The number of hydrogen-bond donors (Lipinski definition) is 1. The lowest BCUT2D eigenvalue weighted by Crippen LogP contribution is -2.34. The zero-order valence-electron chi connectivity index (χ0n) is 18.4. The van der Waals surface area contributed by atoms with E-state index in [0.717, 1.165) is 32.1 Å². The maximum atomic E-state index is 13.3. The van der Waals surface area contributed by atoms with E-state index in [1.807, 2.05) is 18.4 Å². The highest BCUT2D eigenvalue weighted by Crippen LogP contribution is 2.42. The summed E-state index contributed by atoms with van der Waals surface area (Å²) in [6.07, 6.45) is 6.40. The fourth-order valence-corrected chi connectivity index (χ4v) is 5.00. The smallest absolute Gasteiger partial charge is 0.240 e. The molecule has 2 aromatic heterocycles. The van der Waals surface area contributed by atoms with Crippen LogP contribution < -0.4 is 4.72 Å². The summed E-state index contributed by atoms with van der Waals surface area (Å²) in [5.74, 6) is 1.16. The molecular weight excluding hydrogens is 456 g/mol. The SMILES string of the molecule is CCCO[C@@H](c1ncc(Cl)cn1)[C@H](C)S(=O)(=O)Nc1nnc([C@@H]2CC[C@H](C)O2)n1C1CC1. The Bertz CT molecular complexity index is 1030. The quantitative estimate of drug-likeness (QED) is 0.543. The van der Waals surface area contributed by atoms with Crippen molar-refractivity contribution in [2.24, 2.45) is 0 Å². The van der Waals surface area contributed by atoms with Gasteiger partial charge in [-0.25, -0.2) is 18.4 Å². The summed E-state index contributed by atoms with van der Waals surface area (Å²) >= 11 is 5.89. The fourth-order valence-electron chi connectivity index (χ4n) is 3.79. The average molecular weight is 485 g/mol. The fraction of sp³-hybridized carbons (Fsp3) is 0.700. The van der Waals surface area contributed by atoms with Crippen LogP contribution >= 0.6 is 11.6 Å². The second kappa shape index (κ2) is 9.58. The molecule has 2 aliphatic rings. The van der Waals surface area contributed by atoms with Crippen molar-refractivity contribution in [3.63, 3.8) is 0 Å². The van der Waals surface area contributed by atoms with Crippen LogP contribution in [0.2, 0.25) is 5.02 Å². The van der Waals surface area contributed by atoms with Crippen molar-refractivity contribution in [1.82, 2.24) is 24.7 Å². The van der Waals surface area contributed by atoms with E-state index in [1.54, 1.807) is 6.92 Å². The summed E-state index contributed by atoms with van der Waals surface area (Å²) in [4.78, 5) is 8.36. The van der Waals surface area contributed by atoms with Gasteiger partial charge in [0.05, 0.1) is 11.1 Å². The normalized spacial score (nSPS) is 23.2. The molecule has 0 radical (unpaired) electrons. The van der Waals surface area contributed by atoms with Crippen LogP contribution in [-0.2, 0) is 19.5 Å². The van der Waals surface area contributed by atoms with E-state index in [9.17, 15) is 8.42 Å². The maximum Gasteiger partial charge on any atom is 0.240 e. The largest absolute Gasteiger partial charge is 0.369 e. The Hall–Kier alpha value is -1.82. The van der Waals surface area contributed by atoms with E-state index in [2.05, 4.69) is 24.9 Å². The van der Waals surface area contributed by atoms with Gasteiger partial charge in [-0.1, -0.05) is 18.5 Å². The minimum atomic E-state index is -3.90. The number of halogens is 1. The summed E-state index contributed by atoms with van der Waals surface area (Å²) < 4.78 is 43.0. The molecule has 176 valence electrons. The molecule has 3 heterocycles. The second-order valence-corrected chi connectivity index (χ2v) is 10.9. The third-order valence-electron chi connectivity index (χ3n) is 5.70. The Morgan fingerprint density at radius 2 is 1.97 bits per heavy atom. The third kappa shape index (κ3) is 5.05. The highest BCUT2D eigenvalue weighted by atomic mass is 35.5. The zero-order chi connectivity index (χ0) is 22.9. The first-order valence-electron chi connectivity index (χ1n) is 11.0. The molecule has 4 rings (SSSR count). The molecule has 4 atom stereocenters. The van der Waals surface area contributed by atoms with Crippen LogP contribution in [-0.4, -0.2) is 51.1 Å². The van der Waals surface area contributed by atoms with E-state index >= 15 is 0 Å². The van der Waals surface area contributed by atoms with Gasteiger partial charge in [0, 0.05) is 25.0 Å². The highest BCUT2D eigenvalue weighted by molar-refractivity contribution is 7.93. The van der Waals surface area contributed by atoms with Crippen molar-refractivity contribution in [3.05, 3.63) is 29.1 Å². The van der Waals surface area contributed by atoms with Crippen LogP contribution in [0, 0.1) is 0 Å². The van der Waals surface area contributed by atoms with Gasteiger partial charge in [-0.3, -0.25) is 9.29 Å². The molecule has 0 unspecified atom stereocenters. The first kappa shape index (κ1) is 23.3. The standard InChI is InChI=1S/C20H29ClN6O4S/c1-4-9-30-17(18-22-10-14(21)11-23-18)13(3)32(28,29)26-20-25-24-19(27(20)15-6-7-15)16-8-5-12(2)31-16/h10-13,15-17H,4-9H2,1-3H3,(H,25,26)/t12-,13-,16-,17+/m0/s1. The molecule has 0 aromatic carbocycles. The predicted octanol–water partition coefficient (Wildman–Crippen LogP) is 3.59. The second-order valence-electron chi connectivity index (χ2n) is 8.40. The molecule has 0 amide bonds. The van der Waals surface area contributed by atoms with Crippen molar-refractivity contribution in [2.75, 3.05) is 11.3 Å². The Kier molecular flexibility index (Phi) is 6.99. The number of nitrogens with one attached hydrogen (secondary N) is 1. The Labute approximate surface area is 193 Å². The number of hydrogen-bond acceptors (Lipinski definition) is 8. The summed E-state index contributed by atoms with van der Waals surface area (Å²) in [7, 11) is -3.90. The van der Waals surface area contributed by atoms with Gasteiger partial charge in [0.1, 0.15) is 17.5 Å². The Morgan fingerprint density at radius 1 is 1.25 bits per heavy atom. The molecule has 1 saturated heterocycles. The molecule has 10 nitrogen and oxygen atoms in total. The van der Waals surface area contributed by atoms with Crippen LogP contribution in [0.4, 0.5) is 5.95 Å². The topological polar surface area (TPSA) is 121 Å². The zero-order valence-corrected chi connectivity index (χ0v) is 20.0. The molecule has 32 heavy (non-hydrogen) atoms. The van der Waals surface area contributed by atoms with Gasteiger partial charge in [-0.2, -0.15) is 0 Å². The number of rotatable bonds is 10. The van der Waals surface area contributed by atoms with E-state index in [-0.39, 0.29) is 30.0 Å². The van der Waals surface area contributed by atoms with Crippen LogP contribution in [0.15, 0.2) is 12.4 Å². The first-order chi connectivity index (χ1) is 15.3. The summed E-state index contributed by atoms with van der Waals surface area (Å²) in [5, 5.41) is 7.85. The lowest BCUT2D eigenvalue weighted by atomic mass is 10.2. The Morgan fingerprint density at radius 3 is 2.56 bits per heavy atom. The number of anilines is 1. The lowest BCUT2D eigenvalue weighted by molar-refractivity contribution is 0.0466. The number of sulfonamides is 1. The van der Waals surface area contributed by atoms with Crippen LogP contribution in [0.1, 0.15) is 82.8 Å². The minimum Gasteiger partial charge on any atom is -0.369 e. The van der Waals surface area contributed by atoms with Gasteiger partial charge < -0.3 is 9.47 Å². The van der Waals surface area contributed by atoms with Crippen molar-refractivity contribution in [3.8, 4) is 0 Å². The maximum absolute atomic E-state index is 13.3. The van der Waals surface area contributed by atoms with Crippen molar-refractivity contribution >= 4 is 27.6 Å². The molecule has 0 spiro atoms. The molecule has 0 bridgehead atoms. The highest BCUT2D eigenvalue weighted by Gasteiger charge is 2.38. The summed E-state index contributed by atoms with van der Waals surface area (Å²) in [5.41, 5.74) is 0. The van der Waals surface area contributed by atoms with Crippen LogP contribution in [0.5, 0.6) is 0 Å². The van der Waals surface area contributed by atoms with E-state index in [1.165, 1.54) is 12.4 Å². The lowest BCUT2D eigenvalue weighted by Gasteiger charge is -2.23. The van der Waals surface area contributed by atoms with Gasteiger partial charge in [0.15, 0.2) is 11.6 Å². The number of nitrogens with zero attached hydrogens (tertiary/aromatic N) is 5. The van der Waals surface area contributed by atoms with Crippen LogP contribution in [0.25, 0.3) is 0 Å². The molecule has 1 N–H and O–H groups in total. The molecule has 2 fully saturated rings. The van der Waals surface area contributed by atoms with Gasteiger partial charge >= 0.3 is 0 Å². The minimum absolute atomic E-state index is 0.153. The molecule has 1 saturated carbocycles. The first-order valence-corrected chi connectivity index (χ1v) is 12.9. The van der Waals surface area contributed by atoms with Crippen molar-refractivity contribution < 1.29 is 17.9 Å². The third-order valence-corrected chi connectivity index (χ3v) is 7.59. The van der Waals surface area contributed by atoms with Gasteiger partial charge in [0.25, 0.3) is 0 Å². The van der Waals surface area contributed by atoms with E-state index in [4.69, 9.17) is 21.1 Å². The summed E-state index contributed by atoms with van der Waals surface area (Å²) in [6, 6.07) is 0.180. The van der Waals surface area contributed by atoms with Gasteiger partial charge in [-0.15, -0.1) is 10.2 Å². The van der Waals surface area contributed by atoms with Gasteiger partial charge in [-0.05, 0) is 46.0 Å². The molecule has 1 aliphatic carbocycles. The molecular formula is C20H29ClN6O4S. The average Bonchev–Trinajstić information content (AvgIpc) is 3.38. The molecule has 1 aliphatic heterocycles. The number of ether oxygens (including phenoxy) is 2. The van der Waals surface area contributed by atoms with Crippen LogP contribution in [0.3, 0.4) is 0 Å². The van der Waals surface area contributed by atoms with Crippen molar-refractivity contribution in [2.45, 2.75) is 82.5 Å². The molecule has 12 heteroatoms. The van der Waals surface area contributed by atoms with Gasteiger partial charge in [0.2, 0.25) is 16.0 Å². The van der Waals surface area contributed by atoms with E-state index < -0.39 is 21.4 Å².